The summed E-state index contributed by atoms with van der Waals surface area (Å²) >= 11 is 1.66. The van der Waals surface area contributed by atoms with Gasteiger partial charge in [-0.1, -0.05) is 6.07 Å². The van der Waals surface area contributed by atoms with Gasteiger partial charge in [0, 0.05) is 38.1 Å². The zero-order valence-corrected chi connectivity index (χ0v) is 16.4. The van der Waals surface area contributed by atoms with Crippen LogP contribution in [0.25, 0.3) is 0 Å². The average molecular weight is 391 g/mol. The van der Waals surface area contributed by atoms with Crippen molar-refractivity contribution in [3.8, 4) is 5.75 Å². The maximum Gasteiger partial charge on any atom is 0.341 e. The number of benzene rings is 1. The van der Waals surface area contributed by atoms with Crippen LogP contribution in [-0.4, -0.2) is 65.4 Å². The smallest absolute Gasteiger partial charge is 0.341 e. The number of rotatable bonds is 6. The van der Waals surface area contributed by atoms with Crippen LogP contribution in [0.4, 0.5) is 5.13 Å². The molecule has 7 nitrogen and oxygen atoms in total. The number of hydrogen-bond acceptors (Lipinski definition) is 8. The molecule has 1 aliphatic rings. The zero-order chi connectivity index (χ0) is 19.4. The molecule has 3 rings (SSSR count). The number of aliphatic hydroxyl groups is 1. The van der Waals surface area contributed by atoms with E-state index in [2.05, 4.69) is 20.2 Å². The maximum absolute atomic E-state index is 11.9. The van der Waals surface area contributed by atoms with E-state index in [9.17, 15) is 15.0 Å². The van der Waals surface area contributed by atoms with Gasteiger partial charge in [0.15, 0.2) is 5.13 Å². The van der Waals surface area contributed by atoms with Gasteiger partial charge < -0.3 is 19.8 Å². The van der Waals surface area contributed by atoms with Crippen molar-refractivity contribution in [2.45, 2.75) is 20.0 Å². The number of piperazine rings is 1. The van der Waals surface area contributed by atoms with Crippen LogP contribution in [0.5, 0.6) is 5.75 Å². The summed E-state index contributed by atoms with van der Waals surface area (Å²) in [5.41, 5.74) is 1.71. The summed E-state index contributed by atoms with van der Waals surface area (Å²) in [6.45, 7) is 7.80. The van der Waals surface area contributed by atoms with Crippen LogP contribution in [-0.2, 0) is 4.74 Å². The number of aryl methyl sites for hydroxylation is 1. The summed E-state index contributed by atoms with van der Waals surface area (Å²) < 4.78 is 4.95. The first kappa shape index (κ1) is 19.6. The number of ether oxygens (including phenoxy) is 1. The Labute approximate surface area is 162 Å². The third kappa shape index (κ3) is 4.77. The lowest BCUT2D eigenvalue weighted by molar-refractivity contribution is 0.0522. The highest BCUT2D eigenvalue weighted by Crippen LogP contribution is 2.25. The molecule has 2 aromatic rings. The van der Waals surface area contributed by atoms with E-state index < -0.39 is 12.1 Å². The van der Waals surface area contributed by atoms with Gasteiger partial charge in [0.1, 0.15) is 11.3 Å². The second-order valence-electron chi connectivity index (χ2n) is 6.57. The second-order valence-corrected chi connectivity index (χ2v) is 7.41. The number of hydrogen-bond donors (Lipinski definition) is 2. The molecule has 0 radical (unpaired) electrons. The van der Waals surface area contributed by atoms with Gasteiger partial charge in [-0.3, -0.25) is 4.90 Å². The van der Waals surface area contributed by atoms with Gasteiger partial charge in [-0.05, 0) is 31.5 Å². The Morgan fingerprint density at radius 1 is 1.33 bits per heavy atom. The molecule has 2 heterocycles. The number of β-amino-alcohol motifs (C(OH)–C–C–N with tert-alkyl or cyclic N) is 1. The van der Waals surface area contributed by atoms with Gasteiger partial charge in [-0.15, -0.1) is 11.3 Å². The largest absolute Gasteiger partial charge is 0.507 e. The highest BCUT2D eigenvalue weighted by atomic mass is 32.1. The van der Waals surface area contributed by atoms with Crippen molar-refractivity contribution in [2.75, 3.05) is 44.2 Å². The number of anilines is 1. The van der Waals surface area contributed by atoms with E-state index in [1.54, 1.807) is 24.3 Å². The third-order valence-corrected chi connectivity index (χ3v) is 5.60. The van der Waals surface area contributed by atoms with Crippen LogP contribution in [0.15, 0.2) is 23.6 Å². The van der Waals surface area contributed by atoms with E-state index in [4.69, 9.17) is 4.74 Å². The molecule has 0 amide bonds. The molecule has 1 aromatic heterocycles. The van der Waals surface area contributed by atoms with E-state index in [0.717, 1.165) is 37.0 Å². The maximum atomic E-state index is 11.9. The minimum absolute atomic E-state index is 0.0809. The number of nitrogens with zero attached hydrogens (tertiary/aromatic N) is 3. The minimum atomic E-state index is -0.743. The Balaban J connectivity index is 1.59. The lowest BCUT2D eigenvalue weighted by atomic mass is 10.0. The number of aliphatic hydroxyl groups excluding tert-OH is 1. The molecule has 1 aliphatic heterocycles. The first-order valence-electron chi connectivity index (χ1n) is 9.05. The normalized spacial score (nSPS) is 16.3. The van der Waals surface area contributed by atoms with Crippen LogP contribution in [0, 0.1) is 6.92 Å². The first-order chi connectivity index (χ1) is 13.0. The summed E-state index contributed by atoms with van der Waals surface area (Å²) in [7, 11) is 0. The first-order valence-corrected chi connectivity index (χ1v) is 9.93. The van der Waals surface area contributed by atoms with Crippen LogP contribution in [0.2, 0.25) is 0 Å². The average Bonchev–Trinajstić information content (AvgIpc) is 3.09. The summed E-state index contributed by atoms with van der Waals surface area (Å²) in [6.07, 6.45) is -0.743. The molecule has 2 N–H and O–H groups in total. The number of esters is 1. The Morgan fingerprint density at radius 3 is 2.70 bits per heavy atom. The van der Waals surface area contributed by atoms with Gasteiger partial charge in [-0.25, -0.2) is 9.78 Å². The fourth-order valence-corrected chi connectivity index (χ4v) is 3.95. The van der Waals surface area contributed by atoms with Gasteiger partial charge in [0.05, 0.1) is 18.4 Å². The quantitative estimate of drug-likeness (QED) is 0.730. The van der Waals surface area contributed by atoms with E-state index in [1.165, 1.54) is 12.1 Å². The fraction of sp³-hybridized carbons (Fsp3) is 0.474. The summed E-state index contributed by atoms with van der Waals surface area (Å²) in [4.78, 5) is 20.9. The van der Waals surface area contributed by atoms with Crippen molar-refractivity contribution in [1.82, 2.24) is 9.88 Å². The predicted molar refractivity (Wildman–Crippen MR) is 105 cm³/mol. The van der Waals surface area contributed by atoms with Gasteiger partial charge >= 0.3 is 5.97 Å². The van der Waals surface area contributed by atoms with E-state index in [0.29, 0.717) is 12.1 Å². The molecule has 1 atom stereocenters. The Morgan fingerprint density at radius 2 is 2.07 bits per heavy atom. The fourth-order valence-electron chi connectivity index (χ4n) is 3.09. The summed E-state index contributed by atoms with van der Waals surface area (Å²) in [5.74, 6) is -0.729. The number of thiazole rings is 1. The highest BCUT2D eigenvalue weighted by molar-refractivity contribution is 7.13. The molecular weight excluding hydrogens is 366 g/mol. The number of phenols is 1. The molecule has 146 valence electrons. The number of aromatic nitrogens is 1. The molecular formula is C19H25N3O4S. The SMILES string of the molecule is CCOC(=O)c1cc(C(O)CN2CCN(c3nc(C)cs3)CC2)ccc1O. The summed E-state index contributed by atoms with van der Waals surface area (Å²) in [6, 6.07) is 4.57. The van der Waals surface area contributed by atoms with Crippen molar-refractivity contribution in [3.05, 3.63) is 40.4 Å². The van der Waals surface area contributed by atoms with Gasteiger partial charge in [0.2, 0.25) is 0 Å². The minimum Gasteiger partial charge on any atom is -0.507 e. The zero-order valence-electron chi connectivity index (χ0n) is 15.6. The molecule has 1 unspecified atom stereocenters. The van der Waals surface area contributed by atoms with E-state index >= 15 is 0 Å². The van der Waals surface area contributed by atoms with Crippen molar-refractivity contribution < 1.29 is 19.7 Å². The highest BCUT2D eigenvalue weighted by Gasteiger charge is 2.23. The van der Waals surface area contributed by atoms with Crippen molar-refractivity contribution >= 4 is 22.4 Å². The molecule has 0 saturated carbocycles. The number of carbonyl (C=O) groups excluding carboxylic acids is 1. The molecule has 8 heteroatoms. The van der Waals surface area contributed by atoms with Gasteiger partial charge in [-0.2, -0.15) is 0 Å². The molecule has 1 fully saturated rings. The number of phenolic OH excluding ortho intramolecular Hbond substituents is 1. The molecule has 0 bridgehead atoms. The molecule has 0 aliphatic carbocycles. The van der Waals surface area contributed by atoms with Crippen molar-refractivity contribution in [3.63, 3.8) is 0 Å². The number of carbonyl (C=O) groups is 1. The molecule has 1 saturated heterocycles. The molecule has 0 spiro atoms. The van der Waals surface area contributed by atoms with E-state index in [1.807, 2.05) is 6.92 Å². The van der Waals surface area contributed by atoms with Gasteiger partial charge in [0.25, 0.3) is 0 Å². The topological polar surface area (TPSA) is 86.1 Å². The van der Waals surface area contributed by atoms with Crippen LogP contribution < -0.4 is 4.90 Å². The Bertz CT molecular complexity index is 787. The summed E-state index contributed by atoms with van der Waals surface area (Å²) in [5, 5.41) is 23.6. The molecule has 1 aromatic carbocycles. The van der Waals surface area contributed by atoms with Crippen LogP contribution >= 0.6 is 11.3 Å². The Hall–Kier alpha value is -2.16. The Kier molecular flexibility index (Phi) is 6.30. The second kappa shape index (κ2) is 8.69. The van der Waals surface area contributed by atoms with Crippen molar-refractivity contribution in [2.24, 2.45) is 0 Å². The van der Waals surface area contributed by atoms with Crippen molar-refractivity contribution in [1.29, 1.82) is 0 Å². The van der Waals surface area contributed by atoms with E-state index in [-0.39, 0.29) is 17.9 Å². The van der Waals surface area contributed by atoms with Crippen LogP contribution in [0.3, 0.4) is 0 Å². The predicted octanol–water partition coefficient (Wildman–Crippen LogP) is 2.19. The number of aromatic hydroxyl groups is 1. The monoisotopic (exact) mass is 391 g/mol. The lowest BCUT2D eigenvalue weighted by Crippen LogP contribution is -2.47. The standard InChI is InChI=1S/C19H25N3O4S/c1-3-26-18(25)15-10-14(4-5-16(15)23)17(24)11-21-6-8-22(9-7-21)19-20-13(2)12-27-19/h4-5,10,12,17,23-24H,3,6-9,11H2,1-2H3. The molecule has 27 heavy (non-hydrogen) atoms. The third-order valence-electron chi connectivity index (χ3n) is 4.58. The van der Waals surface area contributed by atoms with Crippen LogP contribution in [0.1, 0.15) is 34.6 Å². The lowest BCUT2D eigenvalue weighted by Gasteiger charge is -2.35.